The zero-order valence-electron chi connectivity index (χ0n) is 12.8. The SMILES string of the molecule is C=C(C)C(=O)O[Si](CC)(OC(=O)C(=C)C)C(C)(C)C. The smallest absolute Gasteiger partial charge is 0.470 e. The van der Waals surface area contributed by atoms with Gasteiger partial charge < -0.3 is 8.85 Å². The molecule has 0 aliphatic heterocycles. The van der Waals surface area contributed by atoms with E-state index in [1.165, 1.54) is 0 Å². The molecule has 5 heteroatoms. The van der Waals surface area contributed by atoms with Gasteiger partial charge >= 0.3 is 20.5 Å². The second kappa shape index (κ2) is 6.19. The van der Waals surface area contributed by atoms with E-state index in [0.29, 0.717) is 17.2 Å². The van der Waals surface area contributed by atoms with Crippen LogP contribution in [-0.4, -0.2) is 20.5 Å². The summed E-state index contributed by atoms with van der Waals surface area (Å²) >= 11 is 0. The zero-order chi connectivity index (χ0) is 15.4. The lowest BCUT2D eigenvalue weighted by Crippen LogP contribution is -2.52. The lowest BCUT2D eigenvalue weighted by molar-refractivity contribution is -0.137. The predicted octanol–water partition coefficient (Wildman–Crippen LogP) is 3.49. The van der Waals surface area contributed by atoms with E-state index in [1.807, 2.05) is 27.7 Å². The van der Waals surface area contributed by atoms with Crippen molar-refractivity contribution in [2.75, 3.05) is 0 Å². The fourth-order valence-electron chi connectivity index (χ4n) is 1.48. The number of carbonyl (C=O) groups excluding carboxylic acids is 2. The van der Waals surface area contributed by atoms with Crippen molar-refractivity contribution in [3.05, 3.63) is 24.3 Å². The monoisotopic (exact) mass is 284 g/mol. The number of hydrogen-bond donors (Lipinski definition) is 0. The van der Waals surface area contributed by atoms with Crippen molar-refractivity contribution in [1.29, 1.82) is 0 Å². The van der Waals surface area contributed by atoms with Crippen LogP contribution in [0, 0.1) is 0 Å². The highest BCUT2D eigenvalue weighted by atomic mass is 28.4. The molecule has 19 heavy (non-hydrogen) atoms. The molecule has 0 unspecified atom stereocenters. The van der Waals surface area contributed by atoms with Crippen molar-refractivity contribution in [3.8, 4) is 0 Å². The molecule has 0 radical (unpaired) electrons. The minimum atomic E-state index is -3.04. The predicted molar refractivity (Wildman–Crippen MR) is 77.8 cm³/mol. The van der Waals surface area contributed by atoms with Gasteiger partial charge in [0.25, 0.3) is 0 Å². The third kappa shape index (κ3) is 4.35. The van der Waals surface area contributed by atoms with Gasteiger partial charge in [-0.15, -0.1) is 0 Å². The van der Waals surface area contributed by atoms with Gasteiger partial charge in [0.05, 0.1) is 0 Å². The lowest BCUT2D eigenvalue weighted by atomic mass is 10.2. The average Bonchev–Trinajstić information content (AvgIpc) is 2.25. The first-order valence-corrected chi connectivity index (χ1v) is 8.27. The van der Waals surface area contributed by atoms with E-state index in [9.17, 15) is 9.59 Å². The highest BCUT2D eigenvalue weighted by molar-refractivity contribution is 6.73. The Hall–Kier alpha value is -1.36. The summed E-state index contributed by atoms with van der Waals surface area (Å²) in [6.45, 7) is 17.8. The summed E-state index contributed by atoms with van der Waals surface area (Å²) in [4.78, 5) is 23.6. The van der Waals surface area contributed by atoms with Crippen LogP contribution in [0.5, 0.6) is 0 Å². The maximum atomic E-state index is 11.8. The molecule has 0 saturated carbocycles. The summed E-state index contributed by atoms with van der Waals surface area (Å²) in [5, 5.41) is -0.433. The summed E-state index contributed by atoms with van der Waals surface area (Å²) < 4.78 is 11.1. The van der Waals surface area contributed by atoms with E-state index in [0.717, 1.165) is 0 Å². The largest absolute Gasteiger partial charge is 0.481 e. The standard InChI is InChI=1S/C14H24O4Si/c1-9-19(14(6,7)8,17-12(15)10(2)3)18-13(16)11(4)5/h2,4,9H2,1,3,5-8H3. The summed E-state index contributed by atoms with van der Waals surface area (Å²) in [5.74, 6) is -1.03. The summed E-state index contributed by atoms with van der Waals surface area (Å²) in [6.07, 6.45) is 0. The van der Waals surface area contributed by atoms with Gasteiger partial charge in [0.2, 0.25) is 0 Å². The Bertz CT molecular complexity index is 376. The highest BCUT2D eigenvalue weighted by Gasteiger charge is 2.54. The first-order chi connectivity index (χ1) is 8.47. The molecule has 0 N–H and O–H groups in total. The van der Waals surface area contributed by atoms with E-state index in [1.54, 1.807) is 13.8 Å². The van der Waals surface area contributed by atoms with Gasteiger partial charge in [-0.1, -0.05) is 40.9 Å². The van der Waals surface area contributed by atoms with Crippen molar-refractivity contribution in [2.24, 2.45) is 0 Å². The minimum Gasteiger partial charge on any atom is -0.481 e. The third-order valence-corrected chi connectivity index (χ3v) is 7.07. The quantitative estimate of drug-likeness (QED) is 0.573. The van der Waals surface area contributed by atoms with Crippen LogP contribution < -0.4 is 0 Å². The number of hydrogen-bond acceptors (Lipinski definition) is 4. The molecule has 0 rings (SSSR count). The van der Waals surface area contributed by atoms with Crippen LogP contribution in [0.2, 0.25) is 11.1 Å². The van der Waals surface area contributed by atoms with Gasteiger partial charge in [0.15, 0.2) is 0 Å². The van der Waals surface area contributed by atoms with Gasteiger partial charge in [-0.25, -0.2) is 9.59 Å². The third-order valence-electron chi connectivity index (χ3n) is 2.82. The Labute approximate surface area is 116 Å². The highest BCUT2D eigenvalue weighted by Crippen LogP contribution is 2.41. The lowest BCUT2D eigenvalue weighted by Gasteiger charge is -2.38. The van der Waals surface area contributed by atoms with Crippen LogP contribution in [0.1, 0.15) is 41.5 Å². The molecule has 108 valence electrons. The van der Waals surface area contributed by atoms with Crippen LogP contribution in [0.25, 0.3) is 0 Å². The molecule has 0 amide bonds. The molecule has 0 bridgehead atoms. The van der Waals surface area contributed by atoms with Crippen LogP contribution in [0.4, 0.5) is 0 Å². The molecule has 0 atom stereocenters. The minimum absolute atomic E-state index is 0.293. The molecule has 0 aromatic carbocycles. The molecule has 0 aliphatic carbocycles. The molecule has 0 heterocycles. The fraction of sp³-hybridized carbons (Fsp3) is 0.571. The molecule has 0 saturated heterocycles. The Balaban J connectivity index is 5.46. The first kappa shape index (κ1) is 17.6. The van der Waals surface area contributed by atoms with Crippen molar-refractivity contribution in [2.45, 2.75) is 52.6 Å². The molecule has 0 aromatic heterocycles. The van der Waals surface area contributed by atoms with E-state index in [4.69, 9.17) is 8.85 Å². The Kier molecular flexibility index (Phi) is 5.75. The van der Waals surface area contributed by atoms with Crippen molar-refractivity contribution in [3.63, 3.8) is 0 Å². The Morgan fingerprint density at radius 2 is 1.32 bits per heavy atom. The molecule has 4 nitrogen and oxygen atoms in total. The molecule has 0 aromatic rings. The van der Waals surface area contributed by atoms with E-state index < -0.39 is 25.5 Å². The molecular formula is C14H24O4Si. The maximum Gasteiger partial charge on any atom is 0.470 e. The van der Waals surface area contributed by atoms with Crippen LogP contribution in [-0.2, 0) is 18.4 Å². The van der Waals surface area contributed by atoms with Crippen LogP contribution in [0.15, 0.2) is 24.3 Å². The van der Waals surface area contributed by atoms with Gasteiger partial charge in [-0.05, 0) is 13.8 Å². The molecule has 0 aliphatic rings. The molecule has 0 spiro atoms. The van der Waals surface area contributed by atoms with Crippen LogP contribution in [0.3, 0.4) is 0 Å². The first-order valence-electron chi connectivity index (χ1n) is 6.24. The second-order valence-electron chi connectivity index (χ2n) is 5.70. The Morgan fingerprint density at radius 3 is 1.47 bits per heavy atom. The Morgan fingerprint density at radius 1 is 1.00 bits per heavy atom. The topological polar surface area (TPSA) is 52.6 Å². The second-order valence-corrected chi connectivity index (χ2v) is 9.82. The maximum absolute atomic E-state index is 11.8. The van der Waals surface area contributed by atoms with Crippen molar-refractivity contribution in [1.82, 2.24) is 0 Å². The average molecular weight is 284 g/mol. The van der Waals surface area contributed by atoms with Gasteiger partial charge in [0, 0.05) is 22.2 Å². The van der Waals surface area contributed by atoms with Crippen molar-refractivity contribution < 1.29 is 18.4 Å². The van der Waals surface area contributed by atoms with E-state index in [-0.39, 0.29) is 0 Å². The zero-order valence-corrected chi connectivity index (χ0v) is 13.8. The summed E-state index contributed by atoms with van der Waals surface area (Å²) in [7, 11) is -3.04. The van der Waals surface area contributed by atoms with Crippen molar-refractivity contribution >= 4 is 20.5 Å². The van der Waals surface area contributed by atoms with Crippen LogP contribution >= 0.6 is 0 Å². The van der Waals surface area contributed by atoms with Gasteiger partial charge in [0.1, 0.15) is 0 Å². The fourth-order valence-corrected chi connectivity index (χ4v) is 4.43. The van der Waals surface area contributed by atoms with Gasteiger partial charge in [-0.3, -0.25) is 0 Å². The summed E-state index contributed by atoms with van der Waals surface area (Å²) in [5.41, 5.74) is 0.585. The van der Waals surface area contributed by atoms with E-state index in [2.05, 4.69) is 13.2 Å². The van der Waals surface area contributed by atoms with Gasteiger partial charge in [-0.2, -0.15) is 0 Å². The summed E-state index contributed by atoms with van der Waals surface area (Å²) in [6, 6.07) is 0.481. The molecular weight excluding hydrogens is 260 g/mol. The van der Waals surface area contributed by atoms with E-state index >= 15 is 0 Å². The number of rotatable bonds is 5. The normalized spacial score (nSPS) is 11.7. The molecule has 0 fully saturated rings. The number of carbonyl (C=O) groups is 2.